The van der Waals surface area contributed by atoms with Crippen LogP contribution in [0.1, 0.15) is 27.1 Å². The second kappa shape index (κ2) is 7.01. The Labute approximate surface area is 122 Å². The normalized spacial score (nSPS) is 16.6. The standard InChI is InChI=1S/C12H18N2Se2.ClH/c1-4-6-14-10(3)11(9(2)13-14)12-15-7-5-8-16-12;/h4,12H,1,5-8H2,2-3H3;1H. The van der Waals surface area contributed by atoms with E-state index in [0.29, 0.717) is 0 Å². The van der Waals surface area contributed by atoms with E-state index in [2.05, 4.69) is 30.2 Å². The zero-order chi connectivity index (χ0) is 11.5. The van der Waals surface area contributed by atoms with Crippen molar-refractivity contribution in [3.63, 3.8) is 0 Å². The summed E-state index contributed by atoms with van der Waals surface area (Å²) in [6, 6.07) is 0. The molecule has 1 aliphatic heterocycles. The smallest absolute Gasteiger partial charge is 0.147 e. The summed E-state index contributed by atoms with van der Waals surface area (Å²) in [5, 5.41) is 7.57. The van der Waals surface area contributed by atoms with Gasteiger partial charge in [-0.3, -0.25) is 0 Å². The molecular formula is C12H19ClN2Se2. The van der Waals surface area contributed by atoms with E-state index in [1.165, 1.54) is 28.4 Å². The van der Waals surface area contributed by atoms with Crippen molar-refractivity contribution in [2.24, 2.45) is 0 Å². The maximum atomic E-state index is 4.64. The third-order valence-electron chi connectivity index (χ3n) is 2.80. The predicted molar refractivity (Wildman–Crippen MR) is 77.6 cm³/mol. The molecule has 0 amide bonds. The van der Waals surface area contributed by atoms with Crippen LogP contribution in [0.25, 0.3) is 0 Å². The molecule has 1 aromatic rings. The molecule has 0 aromatic carbocycles. The summed E-state index contributed by atoms with van der Waals surface area (Å²) in [5.41, 5.74) is 4.21. The molecule has 2 rings (SSSR count). The first-order valence-corrected chi connectivity index (χ1v) is 10.0. The molecule has 0 saturated carbocycles. The Morgan fingerprint density at radius 1 is 1.41 bits per heavy atom. The van der Waals surface area contributed by atoms with Gasteiger partial charge in [-0.2, -0.15) is 0 Å². The van der Waals surface area contributed by atoms with Crippen LogP contribution in [0.5, 0.6) is 0 Å². The molecule has 1 fully saturated rings. The number of hydrogen-bond donors (Lipinski definition) is 0. The van der Waals surface area contributed by atoms with Gasteiger partial charge in [-0.15, -0.1) is 12.4 Å². The van der Waals surface area contributed by atoms with Gasteiger partial charge in [-0.05, 0) is 0 Å². The molecule has 0 atom stereocenters. The van der Waals surface area contributed by atoms with Gasteiger partial charge in [0.15, 0.2) is 0 Å². The Balaban J connectivity index is 0.00000144. The van der Waals surface area contributed by atoms with Crippen molar-refractivity contribution in [1.29, 1.82) is 0 Å². The van der Waals surface area contributed by atoms with E-state index < -0.39 is 0 Å². The average molecular weight is 385 g/mol. The third-order valence-corrected chi connectivity index (χ3v) is 10.2. The van der Waals surface area contributed by atoms with Gasteiger partial charge >= 0.3 is 110 Å². The van der Waals surface area contributed by atoms with E-state index in [-0.39, 0.29) is 12.4 Å². The van der Waals surface area contributed by atoms with Gasteiger partial charge in [0.05, 0.1) is 0 Å². The SMILES string of the molecule is C=CCn1nc(C)c(C2[Se]CCC[Se]2)c1C.Cl. The topological polar surface area (TPSA) is 17.8 Å². The van der Waals surface area contributed by atoms with E-state index in [1.54, 1.807) is 5.56 Å². The Bertz CT molecular complexity index is 384. The minimum absolute atomic E-state index is 0. The zero-order valence-corrected chi connectivity index (χ0v) is 14.6. The van der Waals surface area contributed by atoms with Crippen LogP contribution in [0.15, 0.2) is 12.7 Å². The molecule has 2 nitrogen and oxygen atoms in total. The minimum atomic E-state index is 0. The van der Waals surface area contributed by atoms with Crippen molar-refractivity contribution >= 4 is 42.3 Å². The molecule has 1 aliphatic rings. The number of aromatic nitrogens is 2. The van der Waals surface area contributed by atoms with Crippen LogP contribution in [0.4, 0.5) is 0 Å². The van der Waals surface area contributed by atoms with Crippen molar-refractivity contribution in [3.8, 4) is 0 Å². The molecule has 1 saturated heterocycles. The van der Waals surface area contributed by atoms with Gasteiger partial charge in [0.25, 0.3) is 0 Å². The second-order valence-electron chi connectivity index (χ2n) is 3.98. The Morgan fingerprint density at radius 2 is 2.06 bits per heavy atom. The zero-order valence-electron chi connectivity index (χ0n) is 10.3. The van der Waals surface area contributed by atoms with Gasteiger partial charge in [-0.25, -0.2) is 0 Å². The van der Waals surface area contributed by atoms with Crippen molar-refractivity contribution in [2.75, 3.05) is 0 Å². The van der Waals surface area contributed by atoms with E-state index in [4.69, 9.17) is 0 Å². The van der Waals surface area contributed by atoms with Crippen LogP contribution in [-0.4, -0.2) is 39.7 Å². The molecule has 0 spiro atoms. The maximum Gasteiger partial charge on any atom is -0.147 e. The predicted octanol–water partition coefficient (Wildman–Crippen LogP) is 2.76. The van der Waals surface area contributed by atoms with Crippen molar-refractivity contribution in [1.82, 2.24) is 9.78 Å². The fourth-order valence-corrected chi connectivity index (χ4v) is 10.6. The summed E-state index contributed by atoms with van der Waals surface area (Å²) < 4.78 is 2.99. The molecule has 17 heavy (non-hydrogen) atoms. The first kappa shape index (κ1) is 15.3. The molecule has 0 unspecified atom stereocenters. The Hall–Kier alpha value is 0.279. The van der Waals surface area contributed by atoms with Crippen LogP contribution < -0.4 is 0 Å². The first-order chi connectivity index (χ1) is 7.74. The van der Waals surface area contributed by atoms with Crippen LogP contribution in [0.2, 0.25) is 10.6 Å². The summed E-state index contributed by atoms with van der Waals surface area (Å²) in [7, 11) is 0. The Morgan fingerprint density at radius 3 is 2.65 bits per heavy atom. The molecular weight excluding hydrogens is 366 g/mol. The molecule has 0 aliphatic carbocycles. The number of hydrogen-bond acceptors (Lipinski definition) is 1. The summed E-state index contributed by atoms with van der Waals surface area (Å²) in [6.07, 6.45) is 3.40. The molecule has 0 N–H and O–H groups in total. The van der Waals surface area contributed by atoms with Gasteiger partial charge in [0.1, 0.15) is 0 Å². The summed E-state index contributed by atoms with van der Waals surface area (Å²) in [5.74, 6) is 0. The van der Waals surface area contributed by atoms with E-state index in [9.17, 15) is 0 Å². The molecule has 5 heteroatoms. The molecule has 0 radical (unpaired) electrons. The van der Waals surface area contributed by atoms with Crippen LogP contribution in [0.3, 0.4) is 0 Å². The number of aryl methyl sites for hydroxylation is 1. The van der Waals surface area contributed by atoms with Gasteiger partial charge in [0.2, 0.25) is 0 Å². The number of rotatable bonds is 3. The quantitative estimate of drug-likeness (QED) is 0.579. The fourth-order valence-electron chi connectivity index (χ4n) is 2.01. The van der Waals surface area contributed by atoms with Crippen LogP contribution in [0, 0.1) is 13.8 Å². The largest absolute Gasteiger partial charge is 0.147 e. The monoisotopic (exact) mass is 386 g/mol. The average Bonchev–Trinajstić information content (AvgIpc) is 2.56. The van der Waals surface area contributed by atoms with E-state index >= 15 is 0 Å². The summed E-state index contributed by atoms with van der Waals surface area (Å²) in [6.45, 7) is 9.03. The molecule has 96 valence electrons. The number of nitrogens with zero attached hydrogens (tertiary/aromatic N) is 2. The minimum Gasteiger partial charge on any atom is -0.147 e. The van der Waals surface area contributed by atoms with E-state index in [0.717, 1.165) is 40.2 Å². The van der Waals surface area contributed by atoms with Crippen molar-refractivity contribution < 1.29 is 0 Å². The fraction of sp³-hybridized carbons (Fsp3) is 0.583. The van der Waals surface area contributed by atoms with Crippen LogP contribution >= 0.6 is 12.4 Å². The number of allylic oxidation sites excluding steroid dienone is 1. The van der Waals surface area contributed by atoms with Gasteiger partial charge < -0.3 is 0 Å². The van der Waals surface area contributed by atoms with Crippen LogP contribution in [-0.2, 0) is 6.54 Å². The van der Waals surface area contributed by atoms with Gasteiger partial charge in [0, 0.05) is 0 Å². The van der Waals surface area contributed by atoms with Crippen molar-refractivity contribution in [3.05, 3.63) is 29.6 Å². The van der Waals surface area contributed by atoms with Gasteiger partial charge in [-0.1, -0.05) is 0 Å². The third kappa shape index (κ3) is 3.39. The second-order valence-corrected chi connectivity index (χ2v) is 10.6. The van der Waals surface area contributed by atoms with Crippen molar-refractivity contribution in [2.45, 2.75) is 41.2 Å². The molecule has 1 aromatic heterocycles. The first-order valence-electron chi connectivity index (χ1n) is 5.62. The maximum absolute atomic E-state index is 4.64. The molecule has 0 bridgehead atoms. The molecule has 2 heterocycles. The Kier molecular flexibility index (Phi) is 6.33. The summed E-state index contributed by atoms with van der Waals surface area (Å²) in [4.78, 5) is 0. The van der Waals surface area contributed by atoms with E-state index in [1.807, 2.05) is 6.08 Å². The number of halogens is 1. The summed E-state index contributed by atoms with van der Waals surface area (Å²) >= 11 is 1.63.